The van der Waals surface area contributed by atoms with E-state index in [1.807, 2.05) is 30.4 Å². The van der Waals surface area contributed by atoms with E-state index < -0.39 is 18.2 Å². The van der Waals surface area contributed by atoms with Gasteiger partial charge in [0, 0.05) is 12.8 Å². The number of allylic oxidation sites excluding steroid dienone is 10. The minimum absolute atomic E-state index is 0.151. The van der Waals surface area contributed by atoms with E-state index in [-0.39, 0.29) is 25.6 Å². The number of unbranched alkanes of at least 4 members (excludes halogenated alkanes) is 4. The van der Waals surface area contributed by atoms with Crippen molar-refractivity contribution in [1.82, 2.24) is 0 Å². The van der Waals surface area contributed by atoms with Crippen LogP contribution in [0.15, 0.2) is 72.9 Å². The molecule has 2 N–H and O–H groups in total. The molecule has 0 aromatic carbocycles. The second-order valence-corrected chi connectivity index (χ2v) is 9.30. The van der Waals surface area contributed by atoms with Gasteiger partial charge >= 0.3 is 11.9 Å². The fourth-order valence-electron chi connectivity index (χ4n) is 3.37. The van der Waals surface area contributed by atoms with Gasteiger partial charge in [0.05, 0.1) is 12.7 Å². The summed E-state index contributed by atoms with van der Waals surface area (Å²) in [6, 6.07) is 0. The summed E-state index contributed by atoms with van der Waals surface area (Å²) in [5, 5.41) is 19.4. The fourth-order valence-corrected chi connectivity index (χ4v) is 3.37. The van der Waals surface area contributed by atoms with Gasteiger partial charge in [-0.15, -0.1) is 0 Å². The smallest absolute Gasteiger partial charge is 0.306 e. The number of ether oxygens (including phenoxy) is 2. The van der Waals surface area contributed by atoms with Crippen molar-refractivity contribution in [3.63, 3.8) is 0 Å². The number of hydrogen-bond acceptors (Lipinski definition) is 6. The van der Waals surface area contributed by atoms with Gasteiger partial charge in [0.25, 0.3) is 0 Å². The Morgan fingerprint density at radius 1 is 0.744 bits per heavy atom. The summed E-state index contributed by atoms with van der Waals surface area (Å²) in [6.45, 7) is 3.73. The zero-order chi connectivity index (χ0) is 28.8. The first kappa shape index (κ1) is 36.3. The molecule has 0 aromatic heterocycles. The van der Waals surface area contributed by atoms with E-state index in [2.05, 4.69) is 50.3 Å². The molecule has 2 atom stereocenters. The van der Waals surface area contributed by atoms with Crippen molar-refractivity contribution in [3.8, 4) is 0 Å². The number of aliphatic hydroxyl groups is 2. The number of esters is 2. The molecule has 0 amide bonds. The molecular formula is C33H52O6. The van der Waals surface area contributed by atoms with Crippen molar-refractivity contribution >= 4 is 11.9 Å². The maximum absolute atomic E-state index is 11.9. The lowest BCUT2D eigenvalue weighted by Gasteiger charge is -2.15. The summed E-state index contributed by atoms with van der Waals surface area (Å²) in [6.07, 6.45) is 33.1. The summed E-state index contributed by atoms with van der Waals surface area (Å²) in [7, 11) is 0. The van der Waals surface area contributed by atoms with Gasteiger partial charge in [-0.25, -0.2) is 0 Å². The molecule has 0 aliphatic heterocycles. The van der Waals surface area contributed by atoms with Crippen LogP contribution in [0.1, 0.15) is 97.3 Å². The van der Waals surface area contributed by atoms with E-state index in [4.69, 9.17) is 9.47 Å². The lowest BCUT2D eigenvalue weighted by atomic mass is 10.1. The van der Waals surface area contributed by atoms with Crippen LogP contribution in [0.3, 0.4) is 0 Å². The van der Waals surface area contributed by atoms with Gasteiger partial charge in [-0.1, -0.05) is 112 Å². The Balaban J connectivity index is 3.93. The lowest BCUT2D eigenvalue weighted by molar-refractivity contribution is -0.161. The predicted molar refractivity (Wildman–Crippen MR) is 160 cm³/mol. The first-order chi connectivity index (χ1) is 19.0. The fraction of sp³-hybridized carbons (Fsp3) is 0.576. The van der Waals surface area contributed by atoms with Crippen LogP contribution in [0.4, 0.5) is 0 Å². The number of carbonyl (C=O) groups is 2. The second-order valence-electron chi connectivity index (χ2n) is 9.30. The minimum Gasteiger partial charge on any atom is -0.462 e. The molecular weight excluding hydrogens is 492 g/mol. The first-order valence-corrected chi connectivity index (χ1v) is 14.6. The average Bonchev–Trinajstić information content (AvgIpc) is 2.93. The molecule has 0 saturated heterocycles. The topological polar surface area (TPSA) is 93.1 Å². The van der Waals surface area contributed by atoms with Crippen LogP contribution < -0.4 is 0 Å². The molecule has 0 fully saturated rings. The van der Waals surface area contributed by atoms with E-state index in [1.165, 1.54) is 0 Å². The third-order valence-electron chi connectivity index (χ3n) is 5.61. The summed E-state index contributed by atoms with van der Waals surface area (Å²) in [5.74, 6) is -0.798. The van der Waals surface area contributed by atoms with Crippen LogP contribution in [0.25, 0.3) is 0 Å². The van der Waals surface area contributed by atoms with Crippen molar-refractivity contribution in [3.05, 3.63) is 72.9 Å². The number of hydrogen-bond donors (Lipinski definition) is 2. The monoisotopic (exact) mass is 544 g/mol. The molecule has 0 aliphatic carbocycles. The standard InChI is InChI=1S/C33H52O6/c1-3-5-7-9-10-11-12-13-14-15-16-18-20-24-30(35)25-21-19-23-26-32(36)38-29-31(28-34)39-33(37)27-22-17-8-6-4-2/h5,7,10-11,13-14,16,18-21,24,30-31,34-35H,3-4,6,8-9,12,15,17,22-23,25-29H2,1-2H3/b7-5-,11-10-,14-13-,18-16-,21-19-,24-20-/t30?,31-/m0/s1. The van der Waals surface area contributed by atoms with Gasteiger partial charge in [-0.2, -0.15) is 0 Å². The van der Waals surface area contributed by atoms with Gasteiger partial charge in [0.1, 0.15) is 6.61 Å². The highest BCUT2D eigenvalue weighted by Crippen LogP contribution is 2.07. The molecule has 6 nitrogen and oxygen atoms in total. The van der Waals surface area contributed by atoms with Crippen LogP contribution in [0.5, 0.6) is 0 Å². The van der Waals surface area contributed by atoms with Gasteiger partial charge < -0.3 is 19.7 Å². The van der Waals surface area contributed by atoms with Gasteiger partial charge in [-0.3, -0.25) is 9.59 Å². The normalized spacial score (nSPS) is 14.1. The minimum atomic E-state index is -0.834. The summed E-state index contributed by atoms with van der Waals surface area (Å²) < 4.78 is 10.3. The molecule has 0 radical (unpaired) electrons. The quantitative estimate of drug-likeness (QED) is 0.0576. The number of aliphatic hydroxyl groups excluding tert-OH is 2. The third-order valence-corrected chi connectivity index (χ3v) is 5.61. The van der Waals surface area contributed by atoms with Crippen LogP contribution in [0, 0.1) is 0 Å². The summed E-state index contributed by atoms with van der Waals surface area (Å²) in [5.41, 5.74) is 0. The second kappa shape index (κ2) is 28.3. The summed E-state index contributed by atoms with van der Waals surface area (Å²) in [4.78, 5) is 23.8. The van der Waals surface area contributed by atoms with Crippen LogP contribution in [-0.4, -0.2) is 47.6 Å². The Bertz CT molecular complexity index is 775. The molecule has 220 valence electrons. The molecule has 0 aromatic rings. The number of carbonyl (C=O) groups excluding carboxylic acids is 2. The molecule has 39 heavy (non-hydrogen) atoms. The third kappa shape index (κ3) is 26.7. The van der Waals surface area contributed by atoms with Crippen molar-refractivity contribution in [1.29, 1.82) is 0 Å². The highest BCUT2D eigenvalue weighted by Gasteiger charge is 2.15. The maximum Gasteiger partial charge on any atom is 0.306 e. The van der Waals surface area contributed by atoms with E-state index in [0.29, 0.717) is 19.3 Å². The highest BCUT2D eigenvalue weighted by molar-refractivity contribution is 5.70. The van der Waals surface area contributed by atoms with Gasteiger partial charge in [0.2, 0.25) is 0 Å². The van der Waals surface area contributed by atoms with Crippen molar-refractivity contribution in [2.24, 2.45) is 0 Å². The van der Waals surface area contributed by atoms with Crippen LogP contribution in [-0.2, 0) is 19.1 Å². The Labute approximate surface area is 236 Å². The lowest BCUT2D eigenvalue weighted by Crippen LogP contribution is -2.28. The molecule has 0 saturated carbocycles. The average molecular weight is 545 g/mol. The van der Waals surface area contributed by atoms with Crippen LogP contribution >= 0.6 is 0 Å². The van der Waals surface area contributed by atoms with E-state index >= 15 is 0 Å². The zero-order valence-electron chi connectivity index (χ0n) is 24.2. The maximum atomic E-state index is 11.9. The van der Waals surface area contributed by atoms with Gasteiger partial charge in [0.15, 0.2) is 6.10 Å². The SMILES string of the molecule is CC/C=C\C/C=C\C/C=C\C/C=C\C=C/C(O)C/C=C\CCC(=O)OC[C@H](CO)OC(=O)CCCCCCC. The van der Waals surface area contributed by atoms with Gasteiger partial charge in [-0.05, 0) is 44.9 Å². The molecule has 0 spiro atoms. The van der Waals surface area contributed by atoms with Crippen molar-refractivity contribution in [2.75, 3.05) is 13.2 Å². The molecule has 0 bridgehead atoms. The molecule has 0 heterocycles. The van der Waals surface area contributed by atoms with E-state index in [9.17, 15) is 19.8 Å². The first-order valence-electron chi connectivity index (χ1n) is 14.6. The zero-order valence-corrected chi connectivity index (χ0v) is 24.2. The Kier molecular flexibility index (Phi) is 26.4. The van der Waals surface area contributed by atoms with E-state index in [0.717, 1.165) is 57.8 Å². The number of rotatable bonds is 24. The summed E-state index contributed by atoms with van der Waals surface area (Å²) >= 11 is 0. The largest absolute Gasteiger partial charge is 0.462 e. The Morgan fingerprint density at radius 2 is 1.41 bits per heavy atom. The van der Waals surface area contributed by atoms with Crippen LogP contribution in [0.2, 0.25) is 0 Å². The van der Waals surface area contributed by atoms with E-state index in [1.54, 1.807) is 6.08 Å². The molecule has 0 rings (SSSR count). The molecule has 6 heteroatoms. The van der Waals surface area contributed by atoms with Crippen molar-refractivity contribution < 1.29 is 29.3 Å². The predicted octanol–water partition coefficient (Wildman–Crippen LogP) is 7.24. The Morgan fingerprint density at radius 3 is 2.08 bits per heavy atom. The highest BCUT2D eigenvalue weighted by atomic mass is 16.6. The van der Waals surface area contributed by atoms with Crippen molar-refractivity contribution in [2.45, 2.75) is 110 Å². The Hall–Kier alpha value is -2.70. The molecule has 0 aliphatic rings. The molecule has 1 unspecified atom stereocenters.